The second-order valence-electron chi connectivity index (χ2n) is 6.82. The van der Waals surface area contributed by atoms with Crippen molar-refractivity contribution in [3.63, 3.8) is 0 Å². The summed E-state index contributed by atoms with van der Waals surface area (Å²) in [6.45, 7) is 1.08. The van der Waals surface area contributed by atoms with Gasteiger partial charge in [0.2, 0.25) is 17.7 Å². The van der Waals surface area contributed by atoms with Gasteiger partial charge in [-0.15, -0.1) is 10.2 Å². The normalized spacial score (nSPS) is 14.8. The zero-order valence-corrected chi connectivity index (χ0v) is 15.2. The summed E-state index contributed by atoms with van der Waals surface area (Å²) in [5, 5.41) is 8.18. The fourth-order valence-electron chi connectivity index (χ4n) is 3.34. The van der Waals surface area contributed by atoms with E-state index in [9.17, 15) is 9.59 Å². The number of likely N-dealkylation sites (tertiary alicyclic amines) is 1. The largest absolute Gasteiger partial charge is 0.416 e. The van der Waals surface area contributed by atoms with Crippen molar-refractivity contribution in [2.45, 2.75) is 12.8 Å². The first kappa shape index (κ1) is 17.9. The molecule has 142 valence electrons. The van der Waals surface area contributed by atoms with Gasteiger partial charge in [-0.2, -0.15) is 0 Å². The van der Waals surface area contributed by atoms with Crippen LogP contribution in [0.3, 0.4) is 0 Å². The van der Waals surface area contributed by atoms with Gasteiger partial charge in [0.1, 0.15) is 0 Å². The number of amides is 2. The van der Waals surface area contributed by atoms with Gasteiger partial charge in [-0.05, 0) is 49.2 Å². The third-order valence-electron chi connectivity index (χ3n) is 5.01. The molecule has 1 aromatic heterocycles. The Kier molecular flexibility index (Phi) is 4.89. The lowest BCUT2D eigenvalue weighted by molar-refractivity contribution is -0.123. The first-order valence-electron chi connectivity index (χ1n) is 9.20. The lowest BCUT2D eigenvalue weighted by Gasteiger charge is -2.30. The highest BCUT2D eigenvalue weighted by atomic mass is 16.4. The molecule has 1 saturated heterocycles. The molecular formula is C21H20N4O3. The SMILES string of the molecule is NC(=O)C1CCN(C(=O)c2ccc(-c3nnc(-c4ccccc4)o3)cc2)CC1. The van der Waals surface area contributed by atoms with Crippen LogP contribution in [0.25, 0.3) is 22.9 Å². The maximum absolute atomic E-state index is 12.7. The third kappa shape index (κ3) is 3.64. The van der Waals surface area contributed by atoms with E-state index in [4.69, 9.17) is 10.2 Å². The second-order valence-corrected chi connectivity index (χ2v) is 6.82. The number of carbonyl (C=O) groups excluding carboxylic acids is 2. The van der Waals surface area contributed by atoms with Crippen LogP contribution in [0.5, 0.6) is 0 Å². The lowest BCUT2D eigenvalue weighted by atomic mass is 9.96. The number of carbonyl (C=O) groups is 2. The van der Waals surface area contributed by atoms with Gasteiger partial charge in [0.15, 0.2) is 0 Å². The monoisotopic (exact) mass is 376 g/mol. The number of hydrogen-bond donors (Lipinski definition) is 1. The summed E-state index contributed by atoms with van der Waals surface area (Å²) >= 11 is 0. The molecule has 1 fully saturated rings. The Morgan fingerprint density at radius 3 is 2.04 bits per heavy atom. The second kappa shape index (κ2) is 7.64. The first-order valence-corrected chi connectivity index (χ1v) is 9.20. The predicted octanol–water partition coefficient (Wildman–Crippen LogP) is 2.74. The van der Waals surface area contributed by atoms with Gasteiger partial charge in [0.05, 0.1) is 0 Å². The minimum Gasteiger partial charge on any atom is -0.416 e. The zero-order valence-electron chi connectivity index (χ0n) is 15.2. The molecule has 0 saturated carbocycles. The fourth-order valence-corrected chi connectivity index (χ4v) is 3.34. The molecule has 0 atom stereocenters. The maximum atomic E-state index is 12.7. The Morgan fingerprint density at radius 2 is 1.46 bits per heavy atom. The van der Waals surface area contributed by atoms with E-state index in [1.165, 1.54) is 0 Å². The number of nitrogens with zero attached hydrogens (tertiary/aromatic N) is 3. The van der Waals surface area contributed by atoms with Crippen LogP contribution in [0, 0.1) is 5.92 Å². The van der Waals surface area contributed by atoms with Crippen molar-refractivity contribution in [3.05, 3.63) is 60.2 Å². The number of aromatic nitrogens is 2. The topological polar surface area (TPSA) is 102 Å². The van der Waals surface area contributed by atoms with Crippen molar-refractivity contribution in [1.82, 2.24) is 15.1 Å². The first-order chi connectivity index (χ1) is 13.6. The van der Waals surface area contributed by atoms with Crippen molar-refractivity contribution in [2.75, 3.05) is 13.1 Å². The molecule has 1 aliphatic heterocycles. The molecule has 1 aliphatic rings. The van der Waals surface area contributed by atoms with E-state index in [1.807, 2.05) is 30.3 Å². The van der Waals surface area contributed by atoms with Crippen LogP contribution >= 0.6 is 0 Å². The molecule has 7 nitrogen and oxygen atoms in total. The molecule has 2 aromatic carbocycles. The van der Waals surface area contributed by atoms with Crippen LogP contribution in [0.1, 0.15) is 23.2 Å². The molecule has 2 N–H and O–H groups in total. The van der Waals surface area contributed by atoms with Crippen LogP contribution in [-0.4, -0.2) is 40.0 Å². The Balaban J connectivity index is 1.45. The molecular weight excluding hydrogens is 356 g/mol. The number of rotatable bonds is 4. The summed E-state index contributed by atoms with van der Waals surface area (Å²) < 4.78 is 5.75. The van der Waals surface area contributed by atoms with Gasteiger partial charge in [0.25, 0.3) is 5.91 Å². The zero-order chi connectivity index (χ0) is 19.5. The van der Waals surface area contributed by atoms with Gasteiger partial charge >= 0.3 is 0 Å². The van der Waals surface area contributed by atoms with Crippen LogP contribution in [0.4, 0.5) is 0 Å². The molecule has 0 spiro atoms. The van der Waals surface area contributed by atoms with E-state index in [0.717, 1.165) is 11.1 Å². The van der Waals surface area contributed by atoms with E-state index < -0.39 is 0 Å². The number of benzene rings is 2. The Morgan fingerprint density at radius 1 is 0.893 bits per heavy atom. The number of hydrogen-bond acceptors (Lipinski definition) is 5. The van der Waals surface area contributed by atoms with Crippen molar-refractivity contribution >= 4 is 11.8 Å². The summed E-state index contributed by atoms with van der Waals surface area (Å²) in [4.78, 5) is 25.7. The summed E-state index contributed by atoms with van der Waals surface area (Å²) in [6.07, 6.45) is 1.23. The smallest absolute Gasteiger partial charge is 0.253 e. The van der Waals surface area contributed by atoms with Crippen LogP contribution in [-0.2, 0) is 4.79 Å². The van der Waals surface area contributed by atoms with E-state index in [0.29, 0.717) is 43.3 Å². The van der Waals surface area contributed by atoms with Crippen molar-refractivity contribution in [1.29, 1.82) is 0 Å². The molecule has 28 heavy (non-hydrogen) atoms. The van der Waals surface area contributed by atoms with Gasteiger partial charge in [-0.3, -0.25) is 9.59 Å². The Labute approximate surface area is 162 Å². The third-order valence-corrected chi connectivity index (χ3v) is 5.01. The highest BCUT2D eigenvalue weighted by molar-refractivity contribution is 5.94. The Bertz CT molecular complexity index is 974. The van der Waals surface area contributed by atoms with E-state index in [2.05, 4.69) is 10.2 Å². The summed E-state index contributed by atoms with van der Waals surface area (Å²) in [5.41, 5.74) is 7.54. The number of piperidine rings is 1. The van der Waals surface area contributed by atoms with E-state index in [1.54, 1.807) is 29.2 Å². The van der Waals surface area contributed by atoms with E-state index in [-0.39, 0.29) is 17.7 Å². The van der Waals surface area contributed by atoms with Crippen LogP contribution in [0.15, 0.2) is 59.0 Å². The predicted molar refractivity (Wildman–Crippen MR) is 103 cm³/mol. The summed E-state index contributed by atoms with van der Waals surface area (Å²) in [6, 6.07) is 16.7. The van der Waals surface area contributed by atoms with Gasteiger partial charge < -0.3 is 15.1 Å². The summed E-state index contributed by atoms with van der Waals surface area (Å²) in [5.74, 6) is 0.381. The standard InChI is InChI=1S/C21H20N4O3/c22-18(26)14-10-12-25(13-11-14)21(27)17-8-6-16(7-9-17)20-24-23-19(28-20)15-4-2-1-3-5-15/h1-9,14H,10-13H2,(H2,22,26). The van der Waals surface area contributed by atoms with Gasteiger partial charge in [-0.25, -0.2) is 0 Å². The van der Waals surface area contributed by atoms with Crippen molar-refractivity contribution in [2.24, 2.45) is 11.7 Å². The van der Waals surface area contributed by atoms with Gasteiger partial charge in [0, 0.05) is 35.7 Å². The molecule has 2 heterocycles. The van der Waals surface area contributed by atoms with Gasteiger partial charge in [-0.1, -0.05) is 18.2 Å². The Hall–Kier alpha value is -3.48. The molecule has 0 unspecified atom stereocenters. The summed E-state index contributed by atoms with van der Waals surface area (Å²) in [7, 11) is 0. The minimum absolute atomic E-state index is 0.0509. The molecule has 2 amide bonds. The maximum Gasteiger partial charge on any atom is 0.253 e. The van der Waals surface area contributed by atoms with Crippen LogP contribution < -0.4 is 5.73 Å². The molecule has 0 radical (unpaired) electrons. The highest BCUT2D eigenvalue weighted by Crippen LogP contribution is 2.25. The lowest BCUT2D eigenvalue weighted by Crippen LogP contribution is -2.41. The average Bonchev–Trinajstić information content (AvgIpc) is 3.24. The van der Waals surface area contributed by atoms with Crippen LogP contribution in [0.2, 0.25) is 0 Å². The number of primary amides is 1. The molecule has 3 aromatic rings. The minimum atomic E-state index is -0.286. The molecule has 4 rings (SSSR count). The highest BCUT2D eigenvalue weighted by Gasteiger charge is 2.26. The fraction of sp³-hybridized carbons (Fsp3) is 0.238. The molecule has 0 bridgehead atoms. The van der Waals surface area contributed by atoms with Crippen molar-refractivity contribution < 1.29 is 14.0 Å². The quantitative estimate of drug-likeness (QED) is 0.754. The van der Waals surface area contributed by atoms with E-state index >= 15 is 0 Å². The van der Waals surface area contributed by atoms with Crippen molar-refractivity contribution in [3.8, 4) is 22.9 Å². The molecule has 7 heteroatoms. The number of nitrogens with two attached hydrogens (primary N) is 1. The molecule has 0 aliphatic carbocycles. The average molecular weight is 376 g/mol.